The van der Waals surface area contributed by atoms with E-state index < -0.39 is 0 Å². The maximum Gasteiger partial charge on any atom is 0.142 e. The summed E-state index contributed by atoms with van der Waals surface area (Å²) < 4.78 is 11.6. The van der Waals surface area contributed by atoms with Gasteiger partial charge in [-0.3, -0.25) is 4.90 Å². The zero-order valence-electron chi connectivity index (χ0n) is 11.7. The van der Waals surface area contributed by atoms with E-state index in [9.17, 15) is 0 Å². The molecule has 1 N–H and O–H groups in total. The van der Waals surface area contributed by atoms with Gasteiger partial charge in [-0.2, -0.15) is 0 Å². The lowest BCUT2D eigenvalue weighted by molar-refractivity contribution is -0.0629. The predicted octanol–water partition coefficient (Wildman–Crippen LogP) is 1.97. The van der Waals surface area contributed by atoms with Crippen molar-refractivity contribution in [3.05, 3.63) is 24.3 Å². The zero-order valence-corrected chi connectivity index (χ0v) is 11.7. The number of fused-ring (bicyclic) bond motifs is 1. The van der Waals surface area contributed by atoms with Gasteiger partial charge >= 0.3 is 0 Å². The predicted molar refractivity (Wildman–Crippen MR) is 75.8 cm³/mol. The number of nitrogens with one attached hydrogen (secondary N) is 1. The van der Waals surface area contributed by atoms with Crippen LogP contribution in [0.5, 0.6) is 5.75 Å². The number of para-hydroxylation sites is 2. The van der Waals surface area contributed by atoms with E-state index >= 15 is 0 Å². The summed E-state index contributed by atoms with van der Waals surface area (Å²) in [6, 6.07) is 8.13. The summed E-state index contributed by atoms with van der Waals surface area (Å²) >= 11 is 0. The van der Waals surface area contributed by atoms with Crippen LogP contribution in [0.2, 0.25) is 0 Å². The standard InChI is InChI=1S/C15H22N2O2/c1-15(2)11-18-8-7-17(15)10-12-9-16-13-5-3-4-6-14(13)19-12/h3-6,12,16H,7-11H2,1-2H3. The zero-order chi connectivity index (χ0) is 13.3. The van der Waals surface area contributed by atoms with Gasteiger partial charge in [0.1, 0.15) is 11.9 Å². The molecular formula is C15H22N2O2. The Bertz CT molecular complexity index is 448. The highest BCUT2D eigenvalue weighted by Gasteiger charge is 2.33. The molecule has 104 valence electrons. The molecule has 1 aromatic carbocycles. The fourth-order valence-corrected chi connectivity index (χ4v) is 2.74. The largest absolute Gasteiger partial charge is 0.485 e. The highest BCUT2D eigenvalue weighted by molar-refractivity contribution is 5.57. The van der Waals surface area contributed by atoms with Gasteiger partial charge in [0.25, 0.3) is 0 Å². The number of ether oxygens (including phenoxy) is 2. The fourth-order valence-electron chi connectivity index (χ4n) is 2.74. The Morgan fingerprint density at radius 3 is 3.05 bits per heavy atom. The normalized spacial score (nSPS) is 26.1. The molecule has 1 saturated heterocycles. The van der Waals surface area contributed by atoms with Crippen molar-refractivity contribution in [1.82, 2.24) is 4.90 Å². The van der Waals surface area contributed by atoms with Gasteiger partial charge in [-0.1, -0.05) is 12.1 Å². The summed E-state index contributed by atoms with van der Waals surface area (Å²) in [6.45, 7) is 8.87. The molecule has 0 radical (unpaired) electrons. The summed E-state index contributed by atoms with van der Waals surface area (Å²) in [6.07, 6.45) is 0.201. The van der Waals surface area contributed by atoms with E-state index in [1.165, 1.54) is 0 Å². The van der Waals surface area contributed by atoms with Gasteiger partial charge in [0.05, 0.1) is 25.4 Å². The molecule has 4 nitrogen and oxygen atoms in total. The average molecular weight is 262 g/mol. The third-order valence-corrected chi connectivity index (χ3v) is 3.94. The van der Waals surface area contributed by atoms with Crippen molar-refractivity contribution in [2.75, 3.05) is 38.2 Å². The monoisotopic (exact) mass is 262 g/mol. The van der Waals surface area contributed by atoms with Crippen LogP contribution in [0.1, 0.15) is 13.8 Å². The summed E-state index contributed by atoms with van der Waals surface area (Å²) in [5, 5.41) is 3.45. The molecule has 0 aliphatic carbocycles. The second-order valence-corrected chi connectivity index (χ2v) is 5.93. The van der Waals surface area contributed by atoms with E-state index in [4.69, 9.17) is 9.47 Å². The minimum absolute atomic E-state index is 0.0958. The molecule has 0 aromatic heterocycles. The summed E-state index contributed by atoms with van der Waals surface area (Å²) in [5.74, 6) is 0.963. The lowest BCUT2D eigenvalue weighted by Gasteiger charge is -2.44. The fraction of sp³-hybridized carbons (Fsp3) is 0.600. The van der Waals surface area contributed by atoms with Crippen molar-refractivity contribution < 1.29 is 9.47 Å². The molecule has 19 heavy (non-hydrogen) atoms. The van der Waals surface area contributed by atoms with Crippen LogP contribution >= 0.6 is 0 Å². The Morgan fingerprint density at radius 2 is 2.21 bits per heavy atom. The minimum Gasteiger partial charge on any atom is -0.485 e. The number of morpholine rings is 1. The number of hydrogen-bond donors (Lipinski definition) is 1. The SMILES string of the molecule is CC1(C)COCCN1CC1CNc2ccccc2O1. The van der Waals surface area contributed by atoms with E-state index in [-0.39, 0.29) is 11.6 Å². The highest BCUT2D eigenvalue weighted by atomic mass is 16.5. The molecule has 0 bridgehead atoms. The third kappa shape index (κ3) is 2.69. The number of nitrogens with zero attached hydrogens (tertiary/aromatic N) is 1. The van der Waals surface area contributed by atoms with Gasteiger partial charge in [-0.15, -0.1) is 0 Å². The van der Waals surface area contributed by atoms with Crippen molar-refractivity contribution >= 4 is 5.69 Å². The van der Waals surface area contributed by atoms with Gasteiger partial charge < -0.3 is 14.8 Å². The Morgan fingerprint density at radius 1 is 1.37 bits per heavy atom. The molecule has 2 aliphatic rings. The molecule has 0 spiro atoms. The van der Waals surface area contributed by atoms with Crippen molar-refractivity contribution in [2.24, 2.45) is 0 Å². The van der Waals surface area contributed by atoms with Crippen LogP contribution in [0.25, 0.3) is 0 Å². The van der Waals surface area contributed by atoms with Crippen LogP contribution in [0.3, 0.4) is 0 Å². The molecule has 1 atom stereocenters. The number of hydrogen-bond acceptors (Lipinski definition) is 4. The molecule has 0 saturated carbocycles. The first-order valence-corrected chi connectivity index (χ1v) is 6.97. The minimum atomic E-state index is 0.0958. The summed E-state index contributed by atoms with van der Waals surface area (Å²) in [5.41, 5.74) is 1.19. The third-order valence-electron chi connectivity index (χ3n) is 3.94. The Kier molecular flexibility index (Phi) is 3.37. The number of anilines is 1. The van der Waals surface area contributed by atoms with Crippen LogP contribution in [-0.4, -0.2) is 49.4 Å². The molecule has 2 heterocycles. The second kappa shape index (κ2) is 5.02. The van der Waals surface area contributed by atoms with Crippen molar-refractivity contribution in [2.45, 2.75) is 25.5 Å². The second-order valence-electron chi connectivity index (χ2n) is 5.93. The van der Waals surface area contributed by atoms with Crippen LogP contribution < -0.4 is 10.1 Å². The summed E-state index contributed by atoms with van der Waals surface area (Å²) in [4.78, 5) is 2.47. The maximum absolute atomic E-state index is 6.08. The molecule has 4 heteroatoms. The van der Waals surface area contributed by atoms with Crippen LogP contribution in [0.15, 0.2) is 24.3 Å². The van der Waals surface area contributed by atoms with Crippen molar-refractivity contribution in [3.8, 4) is 5.75 Å². The van der Waals surface area contributed by atoms with Gasteiger partial charge in [-0.25, -0.2) is 0 Å². The highest BCUT2D eigenvalue weighted by Crippen LogP contribution is 2.29. The smallest absolute Gasteiger partial charge is 0.142 e. The van der Waals surface area contributed by atoms with E-state index in [1.54, 1.807) is 0 Å². The molecular weight excluding hydrogens is 240 g/mol. The number of rotatable bonds is 2. The van der Waals surface area contributed by atoms with E-state index in [2.05, 4.69) is 30.1 Å². The first-order valence-electron chi connectivity index (χ1n) is 6.97. The van der Waals surface area contributed by atoms with Crippen molar-refractivity contribution in [1.29, 1.82) is 0 Å². The molecule has 1 aromatic rings. The first kappa shape index (κ1) is 12.8. The van der Waals surface area contributed by atoms with Crippen LogP contribution in [-0.2, 0) is 4.74 Å². The molecule has 1 fully saturated rings. The van der Waals surface area contributed by atoms with Gasteiger partial charge in [0.15, 0.2) is 0 Å². The van der Waals surface area contributed by atoms with Crippen LogP contribution in [0.4, 0.5) is 5.69 Å². The number of benzene rings is 1. The summed E-state index contributed by atoms with van der Waals surface area (Å²) in [7, 11) is 0. The van der Waals surface area contributed by atoms with E-state index in [0.717, 1.165) is 44.3 Å². The topological polar surface area (TPSA) is 33.7 Å². The van der Waals surface area contributed by atoms with Gasteiger partial charge in [0.2, 0.25) is 0 Å². The molecule has 0 amide bonds. The van der Waals surface area contributed by atoms with E-state index in [1.807, 2.05) is 18.2 Å². The lowest BCUT2D eigenvalue weighted by atomic mass is 10.0. The van der Waals surface area contributed by atoms with Gasteiger partial charge in [0, 0.05) is 18.6 Å². The Balaban J connectivity index is 1.65. The van der Waals surface area contributed by atoms with Gasteiger partial charge in [-0.05, 0) is 26.0 Å². The Hall–Kier alpha value is -1.26. The van der Waals surface area contributed by atoms with Crippen molar-refractivity contribution in [3.63, 3.8) is 0 Å². The van der Waals surface area contributed by atoms with E-state index in [0.29, 0.717) is 0 Å². The average Bonchev–Trinajstić information content (AvgIpc) is 2.41. The maximum atomic E-state index is 6.08. The first-order chi connectivity index (χ1) is 9.15. The van der Waals surface area contributed by atoms with Crippen LogP contribution in [0, 0.1) is 0 Å². The molecule has 2 aliphatic heterocycles. The Labute approximate surface area is 114 Å². The lowest BCUT2D eigenvalue weighted by Crippen LogP contribution is -2.56. The quantitative estimate of drug-likeness (QED) is 0.883. The molecule has 1 unspecified atom stereocenters. The molecule has 3 rings (SSSR count).